The van der Waals surface area contributed by atoms with Gasteiger partial charge >= 0.3 is 5.69 Å². The van der Waals surface area contributed by atoms with Crippen molar-refractivity contribution >= 4 is 50.5 Å². The molecular weight excluding hydrogens is 283 g/mol. The van der Waals surface area contributed by atoms with Crippen LogP contribution in [0.2, 0.25) is 10.0 Å². The zero-order valence-electron chi connectivity index (χ0n) is 6.05. The monoisotopic (exact) mass is 284 g/mol. The normalized spacial score (nSPS) is 10.1. The van der Waals surface area contributed by atoms with Crippen molar-refractivity contribution in [1.29, 1.82) is 0 Å². The van der Waals surface area contributed by atoms with E-state index in [0.29, 0.717) is 0 Å². The molecule has 0 bridgehead atoms. The van der Waals surface area contributed by atoms with Gasteiger partial charge in [-0.2, -0.15) is 0 Å². The second-order valence-corrected chi connectivity index (χ2v) is 3.81. The second-order valence-electron chi connectivity index (χ2n) is 2.17. The van der Waals surface area contributed by atoms with Crippen molar-refractivity contribution in [2.45, 2.75) is 0 Å². The summed E-state index contributed by atoms with van der Waals surface area (Å²) in [5, 5.41) is 10.5. The number of nitrogens with two attached hydrogens (primary N) is 1. The standard InChI is InChI=1S/C6H3BrCl2N2O2/c7-2-1-3(8)5(10)4(9)6(2)11(12)13/h1H,10H2. The lowest BCUT2D eigenvalue weighted by molar-refractivity contribution is -0.385. The second kappa shape index (κ2) is 3.69. The molecule has 1 aromatic carbocycles. The van der Waals surface area contributed by atoms with E-state index >= 15 is 0 Å². The highest BCUT2D eigenvalue weighted by atomic mass is 79.9. The molecule has 0 atom stereocenters. The van der Waals surface area contributed by atoms with Crippen LogP contribution in [0.1, 0.15) is 0 Å². The summed E-state index contributed by atoms with van der Waals surface area (Å²) in [4.78, 5) is 9.87. The first-order chi connectivity index (χ1) is 5.95. The molecule has 0 aliphatic carbocycles. The van der Waals surface area contributed by atoms with Crippen molar-refractivity contribution in [2.75, 3.05) is 5.73 Å². The third kappa shape index (κ3) is 1.87. The van der Waals surface area contributed by atoms with Crippen LogP contribution < -0.4 is 5.73 Å². The summed E-state index contributed by atoms with van der Waals surface area (Å²) < 4.78 is 0.210. The lowest BCUT2D eigenvalue weighted by atomic mass is 10.3. The molecule has 7 heteroatoms. The maximum atomic E-state index is 10.5. The maximum Gasteiger partial charge on any atom is 0.304 e. The molecule has 4 nitrogen and oxygen atoms in total. The van der Waals surface area contributed by atoms with E-state index in [1.807, 2.05) is 0 Å². The van der Waals surface area contributed by atoms with E-state index < -0.39 is 4.92 Å². The van der Waals surface area contributed by atoms with Gasteiger partial charge in [0.05, 0.1) is 20.1 Å². The molecule has 0 heterocycles. The highest BCUT2D eigenvalue weighted by Gasteiger charge is 2.21. The van der Waals surface area contributed by atoms with Crippen LogP contribution in [-0.4, -0.2) is 4.92 Å². The Labute approximate surface area is 91.9 Å². The van der Waals surface area contributed by atoms with Crippen LogP contribution in [0.4, 0.5) is 11.4 Å². The first-order valence-electron chi connectivity index (χ1n) is 3.02. The first-order valence-corrected chi connectivity index (χ1v) is 4.57. The van der Waals surface area contributed by atoms with E-state index in [9.17, 15) is 10.1 Å². The summed E-state index contributed by atoms with van der Waals surface area (Å²) in [5.41, 5.74) is 5.14. The molecular formula is C6H3BrCl2N2O2. The summed E-state index contributed by atoms with van der Waals surface area (Å²) in [5.74, 6) is 0. The average molecular weight is 286 g/mol. The third-order valence-corrected chi connectivity index (χ3v) is 2.66. The van der Waals surface area contributed by atoms with Gasteiger partial charge in [-0.3, -0.25) is 10.1 Å². The quantitative estimate of drug-likeness (QED) is 0.489. The highest BCUT2D eigenvalue weighted by molar-refractivity contribution is 9.10. The van der Waals surface area contributed by atoms with Gasteiger partial charge in [0.2, 0.25) is 0 Å². The fourth-order valence-electron chi connectivity index (χ4n) is 0.762. The van der Waals surface area contributed by atoms with Gasteiger partial charge < -0.3 is 5.73 Å². The number of nitrogens with zero attached hydrogens (tertiary/aromatic N) is 1. The molecule has 0 saturated carbocycles. The lowest BCUT2D eigenvalue weighted by Gasteiger charge is -2.03. The minimum Gasteiger partial charge on any atom is -0.396 e. The van der Waals surface area contributed by atoms with Crippen LogP contribution in [0, 0.1) is 10.1 Å². The highest BCUT2D eigenvalue weighted by Crippen LogP contribution is 2.40. The van der Waals surface area contributed by atoms with Crippen LogP contribution in [0.3, 0.4) is 0 Å². The Morgan fingerprint density at radius 3 is 2.54 bits per heavy atom. The Morgan fingerprint density at radius 1 is 1.54 bits per heavy atom. The number of hydrogen-bond donors (Lipinski definition) is 1. The lowest BCUT2D eigenvalue weighted by Crippen LogP contribution is -1.95. The molecule has 0 aromatic heterocycles. The topological polar surface area (TPSA) is 69.2 Å². The van der Waals surface area contributed by atoms with E-state index in [4.69, 9.17) is 28.9 Å². The van der Waals surface area contributed by atoms with Crippen LogP contribution in [0.15, 0.2) is 10.5 Å². The summed E-state index contributed by atoms with van der Waals surface area (Å²) in [6.45, 7) is 0. The van der Waals surface area contributed by atoms with E-state index in [-0.39, 0.29) is 25.9 Å². The number of halogens is 3. The third-order valence-electron chi connectivity index (χ3n) is 1.36. The molecule has 70 valence electrons. The van der Waals surface area contributed by atoms with Crippen LogP contribution in [-0.2, 0) is 0 Å². The fourth-order valence-corrected chi connectivity index (χ4v) is 2.10. The molecule has 0 radical (unpaired) electrons. The fraction of sp³-hybridized carbons (Fsp3) is 0. The van der Waals surface area contributed by atoms with Crippen molar-refractivity contribution in [3.8, 4) is 0 Å². The van der Waals surface area contributed by atoms with Crippen molar-refractivity contribution < 1.29 is 4.92 Å². The number of rotatable bonds is 1. The smallest absolute Gasteiger partial charge is 0.304 e. The minimum atomic E-state index is -0.626. The zero-order valence-corrected chi connectivity index (χ0v) is 9.15. The summed E-state index contributed by atoms with van der Waals surface area (Å²) in [6, 6.07) is 1.33. The molecule has 2 N–H and O–H groups in total. The molecule has 13 heavy (non-hydrogen) atoms. The van der Waals surface area contributed by atoms with Crippen LogP contribution in [0.25, 0.3) is 0 Å². The molecule has 0 spiro atoms. The van der Waals surface area contributed by atoms with Crippen molar-refractivity contribution in [3.05, 3.63) is 30.7 Å². The first kappa shape index (κ1) is 10.6. The van der Waals surface area contributed by atoms with Gasteiger partial charge in [-0.1, -0.05) is 23.2 Å². The Kier molecular flexibility index (Phi) is 3.00. The van der Waals surface area contributed by atoms with Crippen LogP contribution >= 0.6 is 39.1 Å². The zero-order chi connectivity index (χ0) is 10.2. The van der Waals surface area contributed by atoms with Gasteiger partial charge in [-0.15, -0.1) is 0 Å². The van der Waals surface area contributed by atoms with Gasteiger partial charge in [-0.25, -0.2) is 0 Å². The molecule has 0 amide bonds. The number of hydrogen-bond acceptors (Lipinski definition) is 3. The van der Waals surface area contributed by atoms with E-state index in [2.05, 4.69) is 15.9 Å². The Balaban J connectivity index is 3.53. The van der Waals surface area contributed by atoms with Gasteiger partial charge in [-0.05, 0) is 22.0 Å². The largest absolute Gasteiger partial charge is 0.396 e. The summed E-state index contributed by atoms with van der Waals surface area (Å²) in [6.07, 6.45) is 0. The van der Waals surface area contributed by atoms with E-state index in [0.717, 1.165) is 0 Å². The van der Waals surface area contributed by atoms with Crippen molar-refractivity contribution in [2.24, 2.45) is 0 Å². The molecule has 0 fully saturated rings. The predicted octanol–water partition coefficient (Wildman–Crippen LogP) is 3.25. The van der Waals surface area contributed by atoms with E-state index in [1.165, 1.54) is 6.07 Å². The van der Waals surface area contributed by atoms with Gasteiger partial charge in [0.1, 0.15) is 5.02 Å². The number of nitro benzene ring substituents is 1. The number of benzene rings is 1. The Hall–Kier alpha value is -0.520. The number of nitrogen functional groups attached to an aromatic ring is 1. The molecule has 0 aliphatic heterocycles. The molecule has 0 unspecified atom stereocenters. The van der Waals surface area contributed by atoms with Crippen molar-refractivity contribution in [1.82, 2.24) is 0 Å². The minimum absolute atomic E-state index is 0.0123. The van der Waals surface area contributed by atoms with Gasteiger partial charge in [0.25, 0.3) is 0 Å². The van der Waals surface area contributed by atoms with Crippen LogP contribution in [0.5, 0.6) is 0 Å². The molecule has 0 aliphatic rings. The molecule has 1 aromatic rings. The number of nitro groups is 1. The average Bonchev–Trinajstić information content (AvgIpc) is 1.99. The Bertz CT molecular complexity index is 383. The van der Waals surface area contributed by atoms with E-state index in [1.54, 1.807) is 0 Å². The number of anilines is 1. The molecule has 1 rings (SSSR count). The SMILES string of the molecule is Nc1c(Cl)cc(Br)c([N+](=O)[O-])c1Cl. The summed E-state index contributed by atoms with van der Waals surface area (Å²) >= 11 is 14.2. The predicted molar refractivity (Wildman–Crippen MR) is 55.2 cm³/mol. The molecule has 0 saturated heterocycles. The van der Waals surface area contributed by atoms with Gasteiger partial charge in [0.15, 0.2) is 0 Å². The maximum absolute atomic E-state index is 10.5. The van der Waals surface area contributed by atoms with Gasteiger partial charge in [0, 0.05) is 0 Å². The Morgan fingerprint density at radius 2 is 2.08 bits per heavy atom. The summed E-state index contributed by atoms with van der Waals surface area (Å²) in [7, 11) is 0. The van der Waals surface area contributed by atoms with Crippen molar-refractivity contribution in [3.63, 3.8) is 0 Å².